The molecule has 0 spiro atoms. The number of carbonyl (C=O) groups is 12. The molecule has 0 saturated heterocycles. The topological polar surface area (TPSA) is 345 Å². The van der Waals surface area contributed by atoms with Gasteiger partial charge < -0.3 is 56.8 Å². The number of fused-ring (bicyclic) bond motifs is 6. The van der Waals surface area contributed by atoms with E-state index in [1.54, 1.807) is 168 Å². The van der Waals surface area contributed by atoms with Crippen molar-refractivity contribution < 1.29 is 124 Å². The maximum absolute atomic E-state index is 13.1. The molecule has 7 aromatic carbocycles. The van der Waals surface area contributed by atoms with E-state index in [0.29, 0.717) is 148 Å². The fraction of sp³-hybridized carbons (Fsp3) is 0.383. The van der Waals surface area contributed by atoms with E-state index in [2.05, 4.69) is 0 Å². The predicted molar refractivity (Wildman–Crippen MR) is 531 cm³/mol. The third kappa shape index (κ3) is 28.2. The standard InChI is InChI=1S/C21H21NO4.C18H21NO4.C18H23NO4.C17H20FNO4.C17H21NO4.C16H18ClNO4/c1-21(2,3)26-20(24)22-12-11-16-17(13-23)19(10-9-18(16)22)25-14-15-7-5-4-6-8-15;1-18(2,3)23-17(21)19-9-8-13-14(10-20)16(7-6-15(13)19)22-11-12-4-5-12;1-11(2)22-15-9-12(3)16-13(14(15)10-20)7-8-19(16)17(21)23-18(4,5)6;1-10-8-14(22-11(2)18)13(9-20)12-6-7-19(15(10)12)16(21)23-17(3,4)5;1-6-21-14-9-11(2)15-12(13(14)10-19)7-8-18(15)16(20)22-17(3,4)5;1-5-21-13-8-12(17)14-10(11(13)9-19)6-7-18(14)15(20)22-16(2,3)4/h4-13H,14H2,1-3H3;6-10,12H,4-5,11H2,1-3H3;7-11H,1-6H3;6-9,11H,1-5H3;7-10H,6H2,1-5H3;6-9H,5H2,1-4H3/i;;;;6D2;5D2. The van der Waals surface area contributed by atoms with Crippen molar-refractivity contribution in [2.75, 3.05) is 19.7 Å². The molecule has 139 heavy (non-hydrogen) atoms. The van der Waals surface area contributed by atoms with Gasteiger partial charge in [-0.25, -0.2) is 33.2 Å². The average Bonchev–Trinajstić information content (AvgIpc) is 1.63. The first-order chi connectivity index (χ1) is 66.4. The van der Waals surface area contributed by atoms with E-state index in [-0.39, 0.29) is 45.1 Å². The summed E-state index contributed by atoms with van der Waals surface area (Å²) >= 11 is 6.23. The van der Waals surface area contributed by atoms with Crippen LogP contribution in [0.4, 0.5) is 33.2 Å². The summed E-state index contributed by atoms with van der Waals surface area (Å²) in [6.07, 6.45) is 11.0. The predicted octanol–water partition coefficient (Wildman–Crippen LogP) is 25.6. The van der Waals surface area contributed by atoms with Gasteiger partial charge in [0.2, 0.25) is 6.36 Å². The quantitative estimate of drug-likeness (QED) is 0.0505. The molecule has 1 atom stereocenters. The van der Waals surface area contributed by atoms with Gasteiger partial charge in [0.15, 0.2) is 37.7 Å². The lowest BCUT2D eigenvalue weighted by atomic mass is 10.1. The molecule has 13 aromatic rings. The SMILES string of the molecule is CC(C)(C)OC(=O)n1ccc2c(C=O)c(OCC3CC3)ccc21.CC(C)(C)OC(=O)n1ccc2c(C=O)c(OCc3ccccc3)ccc21.Cc1cc(OC(C)C)c(C=O)c2ccn(C(=O)OC(C)(C)C)c12.Cc1cc(OC(C)F)c(C=O)c2ccn(C(=O)OC(C)(C)C)c12.[2H]C([2H])(C)Oc1cc(C)c2c(ccn2C(=O)OC(C)(C)C)c1C=O.[2H]C([2H])(C)Oc1cc(Cl)c2c(ccn2C(=O)OC(C)(C)C)c1C=O. The molecule has 0 amide bonds. The van der Waals surface area contributed by atoms with E-state index >= 15 is 0 Å². The van der Waals surface area contributed by atoms with Gasteiger partial charge in [-0.1, -0.05) is 41.9 Å². The molecule has 1 aliphatic rings. The first kappa shape index (κ1) is 102. The highest BCUT2D eigenvalue weighted by Gasteiger charge is 2.31. The minimum Gasteiger partial charge on any atom is -0.493 e. The summed E-state index contributed by atoms with van der Waals surface area (Å²) in [5, 5.41) is 3.57. The van der Waals surface area contributed by atoms with Crippen LogP contribution in [0.5, 0.6) is 34.5 Å². The number of aryl methyl sites for hydroxylation is 3. The second-order valence-corrected chi connectivity index (χ2v) is 39.0. The molecular weight excluding hydrogens is 1810 g/mol. The molecule has 32 heteroatoms. The molecule has 0 N–H and O–H groups in total. The fourth-order valence-corrected chi connectivity index (χ4v) is 14.6. The largest absolute Gasteiger partial charge is 0.493 e. The van der Waals surface area contributed by atoms with Crippen LogP contribution in [0.1, 0.15) is 262 Å². The molecule has 30 nitrogen and oxygen atoms in total. The zero-order valence-corrected chi connectivity index (χ0v) is 84.0. The third-order valence-electron chi connectivity index (χ3n) is 19.9. The van der Waals surface area contributed by atoms with Crippen molar-refractivity contribution in [3.63, 3.8) is 0 Å². The zero-order chi connectivity index (χ0) is 107. The number of nitrogens with zero attached hydrogens (tertiary/aromatic N) is 6. The highest BCUT2D eigenvalue weighted by Crippen LogP contribution is 2.40. The van der Waals surface area contributed by atoms with E-state index in [9.17, 15) is 61.9 Å². The van der Waals surface area contributed by atoms with E-state index in [0.717, 1.165) is 30.0 Å². The molecule has 6 heterocycles. The number of hydrogen-bond acceptors (Lipinski definition) is 24. The number of rotatable bonds is 20. The first-order valence-electron chi connectivity index (χ1n) is 46.7. The molecule has 0 radical (unpaired) electrons. The summed E-state index contributed by atoms with van der Waals surface area (Å²) in [5.74, 6) is 2.50. The summed E-state index contributed by atoms with van der Waals surface area (Å²) in [6, 6.07) is 32.9. The van der Waals surface area contributed by atoms with Crippen molar-refractivity contribution in [1.29, 1.82) is 0 Å². The van der Waals surface area contributed by atoms with Gasteiger partial charge in [0.05, 0.1) is 103 Å². The van der Waals surface area contributed by atoms with Crippen molar-refractivity contribution in [3.8, 4) is 34.5 Å². The van der Waals surface area contributed by atoms with Crippen LogP contribution in [0.15, 0.2) is 152 Å². The van der Waals surface area contributed by atoms with Gasteiger partial charge in [-0.2, -0.15) is 0 Å². The van der Waals surface area contributed by atoms with Crippen LogP contribution in [0.2, 0.25) is 5.02 Å². The van der Waals surface area contributed by atoms with Crippen molar-refractivity contribution in [2.24, 2.45) is 5.92 Å². The molecule has 740 valence electrons. The Morgan fingerprint density at radius 1 is 0.367 bits per heavy atom. The Kier molecular flexibility index (Phi) is 33.2. The molecule has 1 saturated carbocycles. The second kappa shape index (κ2) is 45.3. The van der Waals surface area contributed by atoms with E-state index in [1.165, 1.54) is 91.7 Å². The van der Waals surface area contributed by atoms with Gasteiger partial charge in [-0.15, -0.1) is 0 Å². The fourth-order valence-electron chi connectivity index (χ4n) is 14.3. The van der Waals surface area contributed by atoms with Gasteiger partial charge in [0.25, 0.3) is 0 Å². The van der Waals surface area contributed by atoms with Crippen LogP contribution >= 0.6 is 11.6 Å². The Morgan fingerprint density at radius 2 is 0.647 bits per heavy atom. The summed E-state index contributed by atoms with van der Waals surface area (Å²) < 4.78 is 116. The molecule has 0 bridgehead atoms. The van der Waals surface area contributed by atoms with Crippen molar-refractivity contribution in [3.05, 3.63) is 213 Å². The second-order valence-electron chi connectivity index (χ2n) is 38.6. The minimum absolute atomic E-state index is 0.0111. The number of ether oxygens (including phenoxy) is 12. The average molecular weight is 1940 g/mol. The minimum atomic E-state index is -1.98. The van der Waals surface area contributed by atoms with Crippen LogP contribution in [0.25, 0.3) is 65.4 Å². The van der Waals surface area contributed by atoms with Crippen LogP contribution in [-0.4, -0.2) is 167 Å². The Hall–Kier alpha value is -14.4. The summed E-state index contributed by atoms with van der Waals surface area (Å²) in [4.78, 5) is 143. The summed E-state index contributed by atoms with van der Waals surface area (Å²) in [7, 11) is 0. The molecule has 1 fully saturated rings. The highest BCUT2D eigenvalue weighted by molar-refractivity contribution is 6.36. The molecule has 6 aromatic heterocycles. The van der Waals surface area contributed by atoms with Gasteiger partial charge >= 0.3 is 36.6 Å². The summed E-state index contributed by atoms with van der Waals surface area (Å²) in [6.45, 7) is 42.2. The molecular formula is C107H124ClFN6O24. The number of aldehydes is 6. The lowest BCUT2D eigenvalue weighted by Crippen LogP contribution is -2.26. The maximum Gasteiger partial charge on any atom is 0.419 e. The van der Waals surface area contributed by atoms with Gasteiger partial charge in [0.1, 0.15) is 74.7 Å². The number of alkyl halides is 1. The Morgan fingerprint density at radius 3 is 0.964 bits per heavy atom. The number of hydrogen-bond donors (Lipinski definition) is 0. The van der Waals surface area contributed by atoms with E-state index in [4.69, 9.17) is 73.9 Å². The van der Waals surface area contributed by atoms with Crippen molar-refractivity contribution >= 4 is 151 Å². The Balaban J connectivity index is 0.000000191. The van der Waals surface area contributed by atoms with Gasteiger partial charge in [-0.05, 0) is 293 Å². The Bertz CT molecular complexity index is 6650. The smallest absolute Gasteiger partial charge is 0.419 e. The number of aromatic nitrogens is 6. The summed E-state index contributed by atoms with van der Waals surface area (Å²) in [5.41, 5.74) is 4.63. The monoisotopic (exact) mass is 1930 g/mol. The van der Waals surface area contributed by atoms with Crippen LogP contribution in [-0.2, 0) is 35.0 Å². The molecule has 14 rings (SSSR count). The van der Waals surface area contributed by atoms with Crippen molar-refractivity contribution in [1.82, 2.24) is 27.4 Å². The third-order valence-corrected chi connectivity index (χ3v) is 20.2. The normalized spacial score (nSPS) is 12.9. The van der Waals surface area contributed by atoms with Gasteiger partial charge in [0, 0.05) is 82.5 Å². The molecule has 0 aliphatic heterocycles. The molecule has 1 unspecified atom stereocenters. The van der Waals surface area contributed by atoms with Crippen LogP contribution in [0.3, 0.4) is 0 Å². The Labute approximate surface area is 817 Å². The lowest BCUT2D eigenvalue weighted by Gasteiger charge is -2.20. The van der Waals surface area contributed by atoms with Crippen molar-refractivity contribution in [2.45, 2.75) is 246 Å². The first-order valence-corrected chi connectivity index (χ1v) is 45.1. The van der Waals surface area contributed by atoms with Crippen LogP contribution in [0, 0.1) is 26.7 Å². The van der Waals surface area contributed by atoms with E-state index in [1.807, 2.05) is 113 Å². The highest BCUT2D eigenvalue weighted by atomic mass is 35.5. The number of carbonyl (C=O) groups excluding carboxylic acids is 12. The number of benzene rings is 7. The van der Waals surface area contributed by atoms with E-state index < -0.39 is 89.6 Å². The van der Waals surface area contributed by atoms with Gasteiger partial charge in [-0.3, -0.25) is 56.2 Å². The number of halogens is 2. The van der Waals surface area contributed by atoms with Crippen LogP contribution < -0.4 is 28.4 Å². The maximum atomic E-state index is 13.1. The zero-order valence-electron chi connectivity index (χ0n) is 87.2. The lowest BCUT2D eigenvalue weighted by molar-refractivity contribution is 0.0533. The molecule has 1 aliphatic carbocycles.